The minimum atomic E-state index is -1.00. The molecule has 2 aliphatic rings. The highest BCUT2D eigenvalue weighted by molar-refractivity contribution is 5.79. The third-order valence-corrected chi connectivity index (χ3v) is 4.74. The van der Waals surface area contributed by atoms with Gasteiger partial charge in [-0.15, -0.1) is 0 Å². The predicted octanol–water partition coefficient (Wildman–Crippen LogP) is 2.19. The van der Waals surface area contributed by atoms with Crippen molar-refractivity contribution in [1.82, 2.24) is 4.90 Å². The molecule has 1 saturated heterocycles. The van der Waals surface area contributed by atoms with E-state index in [4.69, 9.17) is 9.47 Å². The van der Waals surface area contributed by atoms with Crippen molar-refractivity contribution < 1.29 is 24.3 Å². The van der Waals surface area contributed by atoms with Crippen molar-refractivity contribution in [2.24, 2.45) is 0 Å². The van der Waals surface area contributed by atoms with E-state index < -0.39 is 22.7 Å². The SMILES string of the molecule is CCOc1cc2c(cc1[N+](=O)[O-])[C@H](N1CCCC1=O)[C@@H](O)C(C)(C)O2. The standard InChI is InChI=1S/C17H22N2O6/c1-4-24-13-9-12-10(8-11(13)19(22)23)15(16(21)17(2,3)25-12)18-7-5-6-14(18)20/h8-9,15-16,21H,4-7H2,1-3H3/t15-,16+/m0/s1. The lowest BCUT2D eigenvalue weighted by Gasteiger charge is -2.45. The van der Waals surface area contributed by atoms with Crippen LogP contribution in [0.25, 0.3) is 0 Å². The van der Waals surface area contributed by atoms with E-state index in [2.05, 4.69) is 0 Å². The van der Waals surface area contributed by atoms with Crippen molar-refractivity contribution in [2.75, 3.05) is 13.2 Å². The lowest BCUT2D eigenvalue weighted by atomic mass is 9.85. The van der Waals surface area contributed by atoms with Crippen LogP contribution in [0.3, 0.4) is 0 Å². The van der Waals surface area contributed by atoms with E-state index in [1.54, 1.807) is 25.7 Å². The molecule has 2 atom stereocenters. The first-order valence-electron chi connectivity index (χ1n) is 8.38. The van der Waals surface area contributed by atoms with Crippen molar-refractivity contribution in [1.29, 1.82) is 0 Å². The van der Waals surface area contributed by atoms with Gasteiger partial charge in [0.25, 0.3) is 0 Å². The number of nitro benzene ring substituents is 1. The molecule has 25 heavy (non-hydrogen) atoms. The average molecular weight is 350 g/mol. The molecule has 1 amide bonds. The van der Waals surface area contributed by atoms with E-state index in [0.29, 0.717) is 30.7 Å². The number of carbonyl (C=O) groups is 1. The largest absolute Gasteiger partial charge is 0.487 e. The van der Waals surface area contributed by atoms with Gasteiger partial charge >= 0.3 is 5.69 Å². The number of rotatable bonds is 4. The van der Waals surface area contributed by atoms with Crippen LogP contribution in [0.1, 0.15) is 45.2 Å². The van der Waals surface area contributed by atoms with Crippen molar-refractivity contribution in [3.05, 3.63) is 27.8 Å². The lowest BCUT2D eigenvalue weighted by Crippen LogP contribution is -2.53. The fourth-order valence-corrected chi connectivity index (χ4v) is 3.49. The molecular formula is C17H22N2O6. The Labute approximate surface area is 145 Å². The molecule has 0 bridgehead atoms. The van der Waals surface area contributed by atoms with Gasteiger partial charge in [-0.05, 0) is 27.2 Å². The maximum atomic E-state index is 12.2. The number of amides is 1. The molecule has 0 aromatic heterocycles. The zero-order valence-electron chi connectivity index (χ0n) is 14.5. The highest BCUT2D eigenvalue weighted by Crippen LogP contribution is 2.48. The van der Waals surface area contributed by atoms with Gasteiger partial charge in [0.2, 0.25) is 11.7 Å². The van der Waals surface area contributed by atoms with Crippen LogP contribution in [-0.4, -0.2) is 45.7 Å². The van der Waals surface area contributed by atoms with Gasteiger partial charge in [-0.2, -0.15) is 0 Å². The molecule has 0 unspecified atom stereocenters. The van der Waals surface area contributed by atoms with Gasteiger partial charge in [0.15, 0.2) is 0 Å². The minimum Gasteiger partial charge on any atom is -0.487 e. The molecule has 3 rings (SSSR count). The average Bonchev–Trinajstić information content (AvgIpc) is 2.94. The van der Waals surface area contributed by atoms with E-state index in [1.807, 2.05) is 0 Å². The molecule has 1 aromatic carbocycles. The molecule has 2 aliphatic heterocycles. The van der Waals surface area contributed by atoms with Crippen LogP contribution in [-0.2, 0) is 4.79 Å². The van der Waals surface area contributed by atoms with Crippen molar-refractivity contribution in [2.45, 2.75) is 51.4 Å². The summed E-state index contributed by atoms with van der Waals surface area (Å²) in [6, 6.07) is 2.16. The molecule has 8 nitrogen and oxygen atoms in total. The second-order valence-electron chi connectivity index (χ2n) is 6.83. The fourth-order valence-electron chi connectivity index (χ4n) is 3.49. The maximum absolute atomic E-state index is 12.2. The van der Waals surface area contributed by atoms with Gasteiger partial charge in [0, 0.05) is 30.7 Å². The maximum Gasteiger partial charge on any atom is 0.311 e. The van der Waals surface area contributed by atoms with Crippen molar-refractivity contribution in [3.8, 4) is 11.5 Å². The Morgan fingerprint density at radius 3 is 2.76 bits per heavy atom. The number of fused-ring (bicyclic) bond motifs is 1. The number of nitrogens with zero attached hydrogens (tertiary/aromatic N) is 2. The number of ether oxygens (including phenoxy) is 2. The summed E-state index contributed by atoms with van der Waals surface area (Å²) >= 11 is 0. The zero-order valence-corrected chi connectivity index (χ0v) is 14.5. The van der Waals surface area contributed by atoms with Crippen LogP contribution in [0.15, 0.2) is 12.1 Å². The second kappa shape index (κ2) is 6.18. The Hall–Kier alpha value is -2.35. The van der Waals surface area contributed by atoms with Gasteiger partial charge < -0.3 is 19.5 Å². The summed E-state index contributed by atoms with van der Waals surface area (Å²) < 4.78 is 11.3. The quantitative estimate of drug-likeness (QED) is 0.660. The third-order valence-electron chi connectivity index (χ3n) is 4.74. The van der Waals surface area contributed by atoms with Gasteiger partial charge in [-0.3, -0.25) is 14.9 Å². The summed E-state index contributed by atoms with van der Waals surface area (Å²) in [5.74, 6) is 0.447. The van der Waals surface area contributed by atoms with Crippen LogP contribution in [0.2, 0.25) is 0 Å². The fraction of sp³-hybridized carbons (Fsp3) is 0.588. The first-order valence-corrected chi connectivity index (χ1v) is 8.38. The highest BCUT2D eigenvalue weighted by Gasteiger charge is 2.48. The summed E-state index contributed by atoms with van der Waals surface area (Å²) in [5.41, 5.74) is -0.704. The van der Waals surface area contributed by atoms with Crippen molar-refractivity contribution >= 4 is 11.6 Å². The summed E-state index contributed by atoms with van der Waals surface area (Å²) in [5, 5.41) is 22.2. The number of benzene rings is 1. The minimum absolute atomic E-state index is 0.0655. The van der Waals surface area contributed by atoms with Crippen molar-refractivity contribution in [3.63, 3.8) is 0 Å². The predicted molar refractivity (Wildman–Crippen MR) is 88.7 cm³/mol. The molecule has 0 aliphatic carbocycles. The van der Waals surface area contributed by atoms with E-state index in [0.717, 1.165) is 0 Å². The van der Waals surface area contributed by atoms with E-state index >= 15 is 0 Å². The van der Waals surface area contributed by atoms with Gasteiger partial charge in [0.1, 0.15) is 17.5 Å². The van der Waals surface area contributed by atoms with Gasteiger partial charge in [-0.1, -0.05) is 0 Å². The molecule has 1 aromatic rings. The molecule has 1 fully saturated rings. The Morgan fingerprint density at radius 1 is 1.48 bits per heavy atom. The molecule has 2 heterocycles. The number of aliphatic hydroxyl groups is 1. The molecule has 1 N–H and O–H groups in total. The molecule has 8 heteroatoms. The van der Waals surface area contributed by atoms with Gasteiger partial charge in [0.05, 0.1) is 17.6 Å². The Balaban J connectivity index is 2.16. The number of likely N-dealkylation sites (tertiary alicyclic amines) is 1. The van der Waals surface area contributed by atoms with E-state index in [9.17, 15) is 20.0 Å². The molecule has 0 radical (unpaired) electrons. The van der Waals surface area contributed by atoms with E-state index in [1.165, 1.54) is 12.1 Å². The summed E-state index contributed by atoms with van der Waals surface area (Å²) in [7, 11) is 0. The monoisotopic (exact) mass is 350 g/mol. The topological polar surface area (TPSA) is 102 Å². The first-order chi connectivity index (χ1) is 11.8. The van der Waals surface area contributed by atoms with Gasteiger partial charge in [-0.25, -0.2) is 0 Å². The lowest BCUT2D eigenvalue weighted by molar-refractivity contribution is -0.386. The highest BCUT2D eigenvalue weighted by atomic mass is 16.6. The first kappa shape index (κ1) is 17.5. The Bertz CT molecular complexity index is 717. The molecule has 136 valence electrons. The zero-order chi connectivity index (χ0) is 18.4. The van der Waals surface area contributed by atoms with Crippen LogP contribution in [0.5, 0.6) is 11.5 Å². The number of aliphatic hydroxyl groups excluding tert-OH is 1. The Morgan fingerprint density at radius 2 is 2.20 bits per heavy atom. The van der Waals surface area contributed by atoms with Crippen LogP contribution >= 0.6 is 0 Å². The summed E-state index contributed by atoms with van der Waals surface area (Å²) in [6.07, 6.45) is 0.121. The Kier molecular flexibility index (Phi) is 4.32. The second-order valence-corrected chi connectivity index (χ2v) is 6.83. The summed E-state index contributed by atoms with van der Waals surface area (Å²) in [4.78, 5) is 24.7. The van der Waals surface area contributed by atoms with E-state index in [-0.39, 0.29) is 24.0 Å². The number of hydrogen-bond acceptors (Lipinski definition) is 6. The number of carbonyl (C=O) groups excluding carboxylic acids is 1. The van der Waals surface area contributed by atoms with Crippen LogP contribution in [0, 0.1) is 10.1 Å². The molecule has 0 spiro atoms. The molecule has 0 saturated carbocycles. The smallest absolute Gasteiger partial charge is 0.311 e. The number of nitro groups is 1. The third kappa shape index (κ3) is 2.90. The molecular weight excluding hydrogens is 328 g/mol. The van der Waals surface area contributed by atoms with Crippen LogP contribution < -0.4 is 9.47 Å². The van der Waals surface area contributed by atoms with Crippen LogP contribution in [0.4, 0.5) is 5.69 Å². The number of hydrogen-bond donors (Lipinski definition) is 1. The summed E-state index contributed by atoms with van der Waals surface area (Å²) in [6.45, 7) is 5.99. The normalized spacial score (nSPS) is 24.6.